The lowest BCUT2D eigenvalue weighted by molar-refractivity contribution is -0.123. The van der Waals surface area contributed by atoms with E-state index in [1.807, 2.05) is 6.26 Å². The van der Waals surface area contributed by atoms with Crippen LogP contribution in [0.2, 0.25) is 0 Å². The fourth-order valence-corrected chi connectivity index (χ4v) is 2.68. The third-order valence-electron chi connectivity index (χ3n) is 3.46. The Kier molecular flexibility index (Phi) is 6.58. The molecule has 0 atom stereocenters. The van der Waals surface area contributed by atoms with Crippen LogP contribution >= 0.6 is 11.8 Å². The Balaban J connectivity index is 2.08. The maximum atomic E-state index is 13.2. The molecule has 25 heavy (non-hydrogen) atoms. The summed E-state index contributed by atoms with van der Waals surface area (Å²) in [5.74, 6) is -0.813. The van der Waals surface area contributed by atoms with Crippen molar-refractivity contribution in [2.75, 3.05) is 19.3 Å². The number of aromatic nitrogens is 2. The van der Waals surface area contributed by atoms with Gasteiger partial charge in [-0.1, -0.05) is 25.6 Å². The smallest absolute Gasteiger partial charge is 0.270 e. The SMILES string of the molecule is CSc1ncc(C(=O)NCCNC(=O)C(C)C)n1-c1ccc(F)cc1. The van der Waals surface area contributed by atoms with Crippen LogP contribution in [-0.4, -0.2) is 40.7 Å². The molecule has 0 unspecified atom stereocenters. The predicted octanol–water partition coefficient (Wildman–Crippen LogP) is 2.24. The van der Waals surface area contributed by atoms with Gasteiger partial charge in [-0.15, -0.1) is 0 Å². The van der Waals surface area contributed by atoms with Gasteiger partial charge in [-0.3, -0.25) is 14.2 Å². The van der Waals surface area contributed by atoms with Crippen LogP contribution in [0, 0.1) is 11.7 Å². The Morgan fingerprint density at radius 2 is 1.84 bits per heavy atom. The molecule has 0 fully saturated rings. The van der Waals surface area contributed by atoms with E-state index in [2.05, 4.69) is 15.6 Å². The third kappa shape index (κ3) is 4.82. The number of nitrogens with one attached hydrogen (secondary N) is 2. The minimum Gasteiger partial charge on any atom is -0.354 e. The highest BCUT2D eigenvalue weighted by Crippen LogP contribution is 2.21. The van der Waals surface area contributed by atoms with E-state index in [9.17, 15) is 14.0 Å². The Hall–Kier alpha value is -2.35. The van der Waals surface area contributed by atoms with E-state index in [-0.39, 0.29) is 23.5 Å². The molecule has 134 valence electrons. The number of halogens is 1. The number of rotatable bonds is 7. The van der Waals surface area contributed by atoms with Gasteiger partial charge in [0, 0.05) is 24.7 Å². The number of carbonyl (C=O) groups excluding carboxylic acids is 2. The molecule has 0 aliphatic rings. The molecule has 2 aromatic rings. The van der Waals surface area contributed by atoms with Gasteiger partial charge in [0.25, 0.3) is 5.91 Å². The third-order valence-corrected chi connectivity index (χ3v) is 4.12. The summed E-state index contributed by atoms with van der Waals surface area (Å²) in [7, 11) is 0. The summed E-state index contributed by atoms with van der Waals surface area (Å²) < 4.78 is 14.8. The van der Waals surface area contributed by atoms with Gasteiger partial charge in [-0.05, 0) is 30.5 Å². The van der Waals surface area contributed by atoms with Crippen molar-refractivity contribution in [3.05, 3.63) is 42.0 Å². The number of carbonyl (C=O) groups is 2. The molecule has 1 aromatic heterocycles. The Morgan fingerprint density at radius 1 is 1.20 bits per heavy atom. The van der Waals surface area contributed by atoms with Gasteiger partial charge in [-0.25, -0.2) is 9.37 Å². The zero-order chi connectivity index (χ0) is 18.4. The predicted molar refractivity (Wildman–Crippen MR) is 95.5 cm³/mol. The fourth-order valence-electron chi connectivity index (χ4n) is 2.14. The van der Waals surface area contributed by atoms with Crippen molar-refractivity contribution in [2.45, 2.75) is 19.0 Å². The van der Waals surface area contributed by atoms with E-state index in [0.717, 1.165) is 0 Å². The second-order valence-corrected chi connectivity index (χ2v) is 6.42. The van der Waals surface area contributed by atoms with Crippen LogP contribution in [0.1, 0.15) is 24.3 Å². The quantitative estimate of drug-likeness (QED) is 0.584. The number of hydrogen-bond acceptors (Lipinski definition) is 4. The van der Waals surface area contributed by atoms with Crippen LogP contribution in [0.4, 0.5) is 4.39 Å². The number of nitrogens with zero attached hydrogens (tertiary/aromatic N) is 2. The maximum absolute atomic E-state index is 13.2. The minimum absolute atomic E-state index is 0.0599. The molecule has 6 nitrogen and oxygen atoms in total. The minimum atomic E-state index is -0.346. The van der Waals surface area contributed by atoms with Crippen LogP contribution in [0.3, 0.4) is 0 Å². The van der Waals surface area contributed by atoms with Crippen LogP contribution in [0.15, 0.2) is 35.6 Å². The van der Waals surface area contributed by atoms with Crippen molar-refractivity contribution in [1.29, 1.82) is 0 Å². The van der Waals surface area contributed by atoms with Crippen molar-refractivity contribution in [3.8, 4) is 5.69 Å². The Labute approximate surface area is 150 Å². The number of imidazole rings is 1. The van der Waals surface area contributed by atoms with E-state index in [4.69, 9.17) is 0 Å². The summed E-state index contributed by atoms with van der Waals surface area (Å²) in [4.78, 5) is 28.2. The van der Waals surface area contributed by atoms with Crippen molar-refractivity contribution >= 4 is 23.6 Å². The van der Waals surface area contributed by atoms with Crippen LogP contribution in [0.25, 0.3) is 5.69 Å². The van der Waals surface area contributed by atoms with E-state index in [0.29, 0.717) is 29.6 Å². The van der Waals surface area contributed by atoms with Gasteiger partial charge < -0.3 is 10.6 Å². The van der Waals surface area contributed by atoms with E-state index >= 15 is 0 Å². The molecule has 0 saturated carbocycles. The molecule has 0 aliphatic carbocycles. The highest BCUT2D eigenvalue weighted by atomic mass is 32.2. The molecule has 2 amide bonds. The first-order chi connectivity index (χ1) is 11.9. The van der Waals surface area contributed by atoms with E-state index < -0.39 is 0 Å². The van der Waals surface area contributed by atoms with Crippen molar-refractivity contribution in [3.63, 3.8) is 0 Å². The van der Waals surface area contributed by atoms with Crippen LogP contribution in [0.5, 0.6) is 0 Å². The van der Waals surface area contributed by atoms with Gasteiger partial charge in [-0.2, -0.15) is 0 Å². The van der Waals surface area contributed by atoms with E-state index in [1.165, 1.54) is 30.1 Å². The van der Waals surface area contributed by atoms with Crippen molar-refractivity contribution < 1.29 is 14.0 Å². The monoisotopic (exact) mass is 364 g/mol. The standard InChI is InChI=1S/C17H21FN4O2S/c1-11(2)15(23)19-8-9-20-16(24)14-10-21-17(25-3)22(14)13-6-4-12(18)5-7-13/h4-7,10-11H,8-9H2,1-3H3,(H,19,23)(H,20,24). The first kappa shape index (κ1) is 19.0. The van der Waals surface area contributed by atoms with Crippen molar-refractivity contribution in [1.82, 2.24) is 20.2 Å². The van der Waals surface area contributed by atoms with Gasteiger partial charge in [0.1, 0.15) is 11.5 Å². The lowest BCUT2D eigenvalue weighted by Gasteiger charge is -2.12. The summed E-state index contributed by atoms with van der Waals surface area (Å²) >= 11 is 1.39. The normalized spacial score (nSPS) is 10.8. The highest BCUT2D eigenvalue weighted by molar-refractivity contribution is 7.98. The molecule has 1 heterocycles. The van der Waals surface area contributed by atoms with Crippen LogP contribution in [-0.2, 0) is 4.79 Å². The fraction of sp³-hybridized carbons (Fsp3) is 0.353. The molecule has 0 spiro atoms. The lowest BCUT2D eigenvalue weighted by atomic mass is 10.2. The first-order valence-corrected chi connectivity index (χ1v) is 9.10. The maximum Gasteiger partial charge on any atom is 0.270 e. The molecule has 2 N–H and O–H groups in total. The number of hydrogen-bond donors (Lipinski definition) is 2. The largest absolute Gasteiger partial charge is 0.354 e. The van der Waals surface area contributed by atoms with Gasteiger partial charge in [0.15, 0.2) is 5.16 Å². The second-order valence-electron chi connectivity index (χ2n) is 5.64. The summed E-state index contributed by atoms with van der Waals surface area (Å²) in [5.41, 5.74) is 1.01. The summed E-state index contributed by atoms with van der Waals surface area (Å²) in [6, 6.07) is 5.86. The molecule has 8 heteroatoms. The average molecular weight is 364 g/mol. The average Bonchev–Trinajstić information content (AvgIpc) is 3.03. The molecule has 1 aromatic carbocycles. The summed E-state index contributed by atoms with van der Waals surface area (Å²) in [5, 5.41) is 6.12. The summed E-state index contributed by atoms with van der Waals surface area (Å²) in [6.45, 7) is 4.27. The summed E-state index contributed by atoms with van der Waals surface area (Å²) in [6.07, 6.45) is 3.34. The van der Waals surface area contributed by atoms with Gasteiger partial charge in [0.05, 0.1) is 6.20 Å². The number of amides is 2. The Bertz CT molecular complexity index is 744. The topological polar surface area (TPSA) is 76.0 Å². The Morgan fingerprint density at radius 3 is 2.44 bits per heavy atom. The molecule has 2 rings (SSSR count). The molecule has 0 saturated heterocycles. The van der Waals surface area contributed by atoms with Gasteiger partial charge >= 0.3 is 0 Å². The number of thioether (sulfide) groups is 1. The highest BCUT2D eigenvalue weighted by Gasteiger charge is 2.17. The molecule has 0 radical (unpaired) electrons. The molecular formula is C17H21FN4O2S. The molecule has 0 bridgehead atoms. The zero-order valence-corrected chi connectivity index (χ0v) is 15.2. The molecule has 0 aliphatic heterocycles. The zero-order valence-electron chi connectivity index (χ0n) is 14.4. The first-order valence-electron chi connectivity index (χ1n) is 7.87. The molecular weight excluding hydrogens is 343 g/mol. The second kappa shape index (κ2) is 8.66. The van der Waals surface area contributed by atoms with Gasteiger partial charge in [0.2, 0.25) is 5.91 Å². The lowest BCUT2D eigenvalue weighted by Crippen LogP contribution is -2.36. The van der Waals surface area contributed by atoms with E-state index in [1.54, 1.807) is 30.5 Å². The van der Waals surface area contributed by atoms with Crippen molar-refractivity contribution in [2.24, 2.45) is 5.92 Å². The van der Waals surface area contributed by atoms with Crippen LogP contribution < -0.4 is 10.6 Å². The number of benzene rings is 1.